The van der Waals surface area contributed by atoms with Gasteiger partial charge in [0.1, 0.15) is 0 Å². The predicted molar refractivity (Wildman–Crippen MR) is 108 cm³/mol. The number of hydrazone groups is 1. The van der Waals surface area contributed by atoms with Crippen molar-refractivity contribution in [3.05, 3.63) is 70.9 Å². The summed E-state index contributed by atoms with van der Waals surface area (Å²) in [5.74, 6) is -0.212. The molecule has 3 rings (SSSR count). The standard InChI is InChI=1S/C21H22ClN3O/c1-21(2,3)14-23-24-20(26)18-13-25(19-7-5-4-6-17(18)19)12-15-8-10-16(22)11-9-15/h4-11,13-14H,12H2,1-3H3,(H,24,26)/b23-14+. The smallest absolute Gasteiger partial charge is 0.273 e. The number of halogens is 1. The van der Waals surface area contributed by atoms with E-state index in [0.717, 1.165) is 16.5 Å². The number of benzene rings is 2. The number of hydrogen-bond acceptors (Lipinski definition) is 2. The van der Waals surface area contributed by atoms with Crippen LogP contribution in [0.2, 0.25) is 5.02 Å². The minimum atomic E-state index is -0.212. The summed E-state index contributed by atoms with van der Waals surface area (Å²) in [6, 6.07) is 15.6. The van der Waals surface area contributed by atoms with E-state index in [1.807, 2.05) is 75.5 Å². The van der Waals surface area contributed by atoms with E-state index in [1.165, 1.54) is 0 Å². The molecule has 5 heteroatoms. The highest BCUT2D eigenvalue weighted by molar-refractivity contribution is 6.30. The second-order valence-corrected chi connectivity index (χ2v) is 7.82. The number of para-hydroxylation sites is 1. The van der Waals surface area contributed by atoms with E-state index in [4.69, 9.17) is 11.6 Å². The molecule has 26 heavy (non-hydrogen) atoms. The first-order chi connectivity index (χ1) is 12.3. The zero-order chi connectivity index (χ0) is 18.7. The van der Waals surface area contributed by atoms with Crippen molar-refractivity contribution < 1.29 is 4.79 Å². The highest BCUT2D eigenvalue weighted by atomic mass is 35.5. The van der Waals surface area contributed by atoms with Gasteiger partial charge in [0.05, 0.1) is 5.56 Å². The van der Waals surface area contributed by atoms with Gasteiger partial charge in [-0.15, -0.1) is 0 Å². The lowest BCUT2D eigenvalue weighted by atomic mass is 9.99. The van der Waals surface area contributed by atoms with E-state index in [-0.39, 0.29) is 11.3 Å². The summed E-state index contributed by atoms with van der Waals surface area (Å²) in [5, 5.41) is 5.70. The van der Waals surface area contributed by atoms with Crippen molar-refractivity contribution in [1.82, 2.24) is 9.99 Å². The number of carbonyl (C=O) groups excluding carboxylic acids is 1. The average Bonchev–Trinajstić information content (AvgIpc) is 2.95. The maximum absolute atomic E-state index is 12.6. The minimum absolute atomic E-state index is 0.0874. The normalized spacial score (nSPS) is 12.0. The molecule has 4 nitrogen and oxygen atoms in total. The van der Waals surface area contributed by atoms with Crippen molar-refractivity contribution in [2.24, 2.45) is 10.5 Å². The number of rotatable bonds is 4. The first-order valence-electron chi connectivity index (χ1n) is 8.50. The number of nitrogens with one attached hydrogen (secondary N) is 1. The Morgan fingerprint density at radius 1 is 1.15 bits per heavy atom. The molecule has 1 heterocycles. The second kappa shape index (κ2) is 7.34. The number of aromatic nitrogens is 1. The molecular weight excluding hydrogens is 346 g/mol. The molecule has 0 spiro atoms. The quantitative estimate of drug-likeness (QED) is 0.505. The minimum Gasteiger partial charge on any atom is -0.342 e. The monoisotopic (exact) mass is 367 g/mol. The van der Waals surface area contributed by atoms with Crippen LogP contribution in [0.5, 0.6) is 0 Å². The van der Waals surface area contributed by atoms with Gasteiger partial charge in [-0.05, 0) is 29.2 Å². The zero-order valence-corrected chi connectivity index (χ0v) is 15.9. The summed E-state index contributed by atoms with van der Waals surface area (Å²) in [7, 11) is 0. The summed E-state index contributed by atoms with van der Waals surface area (Å²) in [5.41, 5.74) is 5.28. The zero-order valence-electron chi connectivity index (χ0n) is 15.2. The van der Waals surface area contributed by atoms with Gasteiger partial charge < -0.3 is 4.57 Å². The number of fused-ring (bicyclic) bond motifs is 1. The van der Waals surface area contributed by atoms with E-state index in [2.05, 4.69) is 15.1 Å². The van der Waals surface area contributed by atoms with Crippen LogP contribution in [0, 0.1) is 5.41 Å². The van der Waals surface area contributed by atoms with Crippen molar-refractivity contribution in [2.75, 3.05) is 0 Å². The molecule has 0 aliphatic carbocycles. The van der Waals surface area contributed by atoms with Crippen LogP contribution in [0.3, 0.4) is 0 Å². The lowest BCUT2D eigenvalue weighted by Gasteiger charge is -2.09. The summed E-state index contributed by atoms with van der Waals surface area (Å²) in [6.07, 6.45) is 3.61. The number of carbonyl (C=O) groups is 1. The van der Waals surface area contributed by atoms with E-state index in [0.29, 0.717) is 17.1 Å². The number of nitrogens with zero attached hydrogens (tertiary/aromatic N) is 2. The summed E-state index contributed by atoms with van der Waals surface area (Å²) in [4.78, 5) is 12.6. The fourth-order valence-electron chi connectivity index (χ4n) is 2.69. The fraction of sp³-hybridized carbons (Fsp3) is 0.238. The van der Waals surface area contributed by atoms with Gasteiger partial charge in [-0.25, -0.2) is 5.43 Å². The van der Waals surface area contributed by atoms with E-state index >= 15 is 0 Å². The first kappa shape index (κ1) is 18.2. The molecule has 2 aromatic carbocycles. The number of amides is 1. The Labute approximate surface area is 158 Å². The molecular formula is C21H22ClN3O. The van der Waals surface area contributed by atoms with Crippen molar-refractivity contribution in [1.29, 1.82) is 0 Å². The van der Waals surface area contributed by atoms with Crippen molar-refractivity contribution in [2.45, 2.75) is 27.3 Å². The molecule has 0 saturated heterocycles. The van der Waals surface area contributed by atoms with Gasteiger partial charge in [0.15, 0.2) is 0 Å². The van der Waals surface area contributed by atoms with Crippen LogP contribution in [0.15, 0.2) is 59.8 Å². The largest absolute Gasteiger partial charge is 0.342 e. The third-order valence-corrected chi connectivity index (χ3v) is 4.17. The van der Waals surface area contributed by atoms with Gasteiger partial charge in [-0.2, -0.15) is 5.10 Å². The van der Waals surface area contributed by atoms with E-state index in [1.54, 1.807) is 6.21 Å². The Morgan fingerprint density at radius 3 is 2.54 bits per heavy atom. The SMILES string of the molecule is CC(C)(C)/C=N/NC(=O)c1cn(Cc2ccc(Cl)cc2)c2ccccc12. The first-order valence-corrected chi connectivity index (χ1v) is 8.88. The van der Waals surface area contributed by atoms with Gasteiger partial charge >= 0.3 is 0 Å². The van der Waals surface area contributed by atoms with Crippen LogP contribution in [0.1, 0.15) is 36.7 Å². The molecule has 0 atom stereocenters. The van der Waals surface area contributed by atoms with Crippen molar-refractivity contribution in [3.8, 4) is 0 Å². The van der Waals surface area contributed by atoms with Gasteiger partial charge in [0.25, 0.3) is 5.91 Å². The summed E-state index contributed by atoms with van der Waals surface area (Å²) < 4.78 is 2.07. The molecule has 1 N–H and O–H groups in total. The molecule has 0 aliphatic heterocycles. The van der Waals surface area contributed by atoms with Crippen LogP contribution in [0.25, 0.3) is 10.9 Å². The van der Waals surface area contributed by atoms with Gasteiger partial charge in [0, 0.05) is 34.9 Å². The molecule has 1 aromatic heterocycles. The lowest BCUT2D eigenvalue weighted by Crippen LogP contribution is -2.19. The van der Waals surface area contributed by atoms with Gasteiger partial charge in [-0.3, -0.25) is 4.79 Å². The number of hydrogen-bond donors (Lipinski definition) is 1. The molecule has 0 aliphatic rings. The Bertz CT molecular complexity index is 950. The van der Waals surface area contributed by atoms with Crippen molar-refractivity contribution in [3.63, 3.8) is 0 Å². The second-order valence-electron chi connectivity index (χ2n) is 7.38. The van der Waals surface area contributed by atoms with Gasteiger partial charge in [0.2, 0.25) is 0 Å². The van der Waals surface area contributed by atoms with E-state index in [9.17, 15) is 4.79 Å². The Balaban J connectivity index is 1.90. The maximum Gasteiger partial charge on any atom is 0.273 e. The maximum atomic E-state index is 12.6. The van der Waals surface area contributed by atoms with E-state index < -0.39 is 0 Å². The molecule has 0 fully saturated rings. The van der Waals surface area contributed by atoms with Crippen LogP contribution < -0.4 is 5.43 Å². The molecule has 3 aromatic rings. The Kier molecular flexibility index (Phi) is 5.14. The molecule has 1 amide bonds. The van der Waals surface area contributed by atoms with Crippen LogP contribution in [0.4, 0.5) is 0 Å². The highest BCUT2D eigenvalue weighted by Gasteiger charge is 2.15. The Hall–Kier alpha value is -2.59. The summed E-state index contributed by atoms with van der Waals surface area (Å²) >= 11 is 5.96. The Morgan fingerprint density at radius 2 is 1.85 bits per heavy atom. The molecule has 134 valence electrons. The average molecular weight is 368 g/mol. The third kappa shape index (κ3) is 4.33. The highest BCUT2D eigenvalue weighted by Crippen LogP contribution is 2.23. The van der Waals surface area contributed by atoms with Crippen molar-refractivity contribution >= 4 is 34.6 Å². The summed E-state index contributed by atoms with van der Waals surface area (Å²) in [6.45, 7) is 6.75. The molecule has 0 bridgehead atoms. The van der Waals surface area contributed by atoms with Crippen LogP contribution in [-0.2, 0) is 6.54 Å². The van der Waals surface area contributed by atoms with Gasteiger partial charge in [-0.1, -0.05) is 62.7 Å². The topological polar surface area (TPSA) is 46.4 Å². The van der Waals surface area contributed by atoms with Crippen LogP contribution >= 0.6 is 11.6 Å². The molecule has 0 radical (unpaired) electrons. The lowest BCUT2D eigenvalue weighted by molar-refractivity contribution is 0.0956. The fourth-order valence-corrected chi connectivity index (χ4v) is 2.82. The van der Waals surface area contributed by atoms with Crippen LogP contribution in [-0.4, -0.2) is 16.7 Å². The predicted octanol–water partition coefficient (Wildman–Crippen LogP) is 5.10. The molecule has 0 saturated carbocycles. The third-order valence-electron chi connectivity index (χ3n) is 3.92. The molecule has 0 unspecified atom stereocenters.